The first-order valence-electron chi connectivity index (χ1n) is 47.9. The molecule has 0 bridgehead atoms. The number of aliphatic hydroxyl groups is 1. The summed E-state index contributed by atoms with van der Waals surface area (Å²) in [7, 11) is 0. The fourth-order valence-corrected chi connectivity index (χ4v) is 12.4. The predicted octanol–water partition coefficient (Wildman–Crippen LogP) is 18.2. The fourth-order valence-electron chi connectivity index (χ4n) is 12.4. The van der Waals surface area contributed by atoms with Gasteiger partial charge in [0.25, 0.3) is 0 Å². The summed E-state index contributed by atoms with van der Waals surface area (Å²) in [6.07, 6.45) is 65.7. The highest BCUT2D eigenvalue weighted by molar-refractivity contribution is 4.89. The summed E-state index contributed by atoms with van der Waals surface area (Å²) in [5.74, 6) is 0. The van der Waals surface area contributed by atoms with E-state index < -0.39 is 13.3 Å². The molecular formula is C97H176F4O23. The van der Waals surface area contributed by atoms with Crippen LogP contribution in [0.25, 0.3) is 0 Å². The van der Waals surface area contributed by atoms with Crippen molar-refractivity contribution in [3.05, 3.63) is 85.1 Å². The van der Waals surface area contributed by atoms with Crippen molar-refractivity contribution < 1.29 is 127 Å². The van der Waals surface area contributed by atoms with E-state index in [2.05, 4.69) is 98.9 Å². The quantitative estimate of drug-likeness (QED) is 0.0339. The lowest BCUT2D eigenvalue weighted by atomic mass is 10.1. The molecular weight excluding hydrogens is 1610 g/mol. The van der Waals surface area contributed by atoms with Gasteiger partial charge in [0, 0.05) is 52.9 Å². The molecule has 7 atom stereocenters. The standard InChI is InChI=1S/C16H30O3.2C15H27FO3.C15H28O4.2C14H25FO4.C8H14O2/c1-2-11-17-12-7-5-8-13-18-15-16-10-6-3-4-9-14-19-16;2*16-9-13-17-10-5-3-6-11-18-14-15-8-4-1-2-7-12-19-15;1-2-8-16-10-11-17-12-13-18-14-15-7-5-3-4-6-9-19-15;2*15-6-8-16-9-10-17-11-12-18-13-14-5-3-1-2-4-7-19-14;9-7-8-5-3-1-2-4-6-10-8/h3-4,16H,2,5-15H2,1H3;2*1-2,15H,3-14H2;3-4,15H,2,5-14H2,1H3;2*1-2,14H,3-13H2;1-2,8-9H,3-7H2/b4-3+;2*2-1+;4-3+;3*2-1+/t16-;3*15-;2*14-;8-/m1110000/s1/i;2*16-1;;2*15-1;. The molecule has 0 aromatic heterocycles. The monoisotopic (exact) mass is 1780 g/mol. The second-order valence-electron chi connectivity index (χ2n) is 30.4. The van der Waals surface area contributed by atoms with Crippen molar-refractivity contribution >= 4 is 0 Å². The van der Waals surface area contributed by atoms with E-state index in [1.165, 1.54) is 6.42 Å². The van der Waals surface area contributed by atoms with Gasteiger partial charge in [-0.15, -0.1) is 0 Å². The maximum absolute atomic E-state index is 11.7. The van der Waals surface area contributed by atoms with Gasteiger partial charge in [-0.25, -0.2) is 17.6 Å². The van der Waals surface area contributed by atoms with Crippen LogP contribution in [-0.2, 0) is 104 Å². The van der Waals surface area contributed by atoms with Gasteiger partial charge in [-0.1, -0.05) is 98.9 Å². The third-order valence-corrected chi connectivity index (χ3v) is 19.3. The lowest BCUT2D eigenvalue weighted by Crippen LogP contribution is -2.22. The van der Waals surface area contributed by atoms with E-state index in [-0.39, 0.29) is 89.1 Å². The zero-order valence-corrected chi connectivity index (χ0v) is 77.4. The van der Waals surface area contributed by atoms with Gasteiger partial charge in [-0.3, -0.25) is 0 Å². The van der Waals surface area contributed by atoms with E-state index in [4.69, 9.17) is 109 Å². The highest BCUT2D eigenvalue weighted by Gasteiger charge is 2.16. The molecule has 124 heavy (non-hydrogen) atoms. The average Bonchev–Trinajstić information content (AvgIpc) is 1.01. The van der Waals surface area contributed by atoms with Crippen molar-refractivity contribution in [2.24, 2.45) is 0 Å². The molecule has 0 aliphatic carbocycles. The van der Waals surface area contributed by atoms with Gasteiger partial charge in [-0.2, -0.15) is 0 Å². The summed E-state index contributed by atoms with van der Waals surface area (Å²) in [6.45, 7) is 26.0. The molecule has 1 N–H and O–H groups in total. The number of aliphatic hydroxyl groups excluding tert-OH is 1. The third kappa shape index (κ3) is 90.9. The average molecular weight is 1780 g/mol. The number of unbranched alkanes of at least 4 members (excludes halogenated alkanes) is 6. The van der Waals surface area contributed by atoms with E-state index in [1.54, 1.807) is 0 Å². The SMILES string of the molecule is CCCOCCCCCOC[C@H]1CC/C=C/CCO1.CCCOCCOCCOC[C@@H]1CC/C=C/CCO1.OC[C@@H]1CC/C=C/CCO1.[18F]CCOCCCCCOC[C@H]1CC/C=C/CCO1.[18F]CCOCCCCCOC[C@H]1CC/C=C/CCO1.[18F]CCOCCOCCOC[C@@H]1CC/C=C/CCO1.[18F]CCOCCOCCOC[C@@H]1CC/C=C/CCO1. The van der Waals surface area contributed by atoms with Crippen LogP contribution in [-0.4, -0.2) is 326 Å². The lowest BCUT2D eigenvalue weighted by Gasteiger charge is -2.18. The van der Waals surface area contributed by atoms with Gasteiger partial charge < -0.3 is 109 Å². The number of rotatable bonds is 61. The van der Waals surface area contributed by atoms with Crippen LogP contribution in [0.1, 0.15) is 219 Å². The molecule has 7 heterocycles. The number of alkyl halides is 4. The predicted molar refractivity (Wildman–Crippen MR) is 485 cm³/mol. The molecule has 0 unspecified atom stereocenters. The Bertz CT molecular complexity index is 1930. The normalized spacial score (nSPS) is 22.6. The van der Waals surface area contributed by atoms with Crippen molar-refractivity contribution in [1.29, 1.82) is 0 Å². The van der Waals surface area contributed by atoms with E-state index in [9.17, 15) is 17.6 Å². The number of ether oxygens (including phenoxy) is 22. The van der Waals surface area contributed by atoms with Gasteiger partial charge in [0.1, 0.15) is 26.7 Å². The molecule has 0 saturated heterocycles. The Kier molecular flexibility index (Phi) is 99.5. The molecule has 0 spiro atoms. The summed E-state index contributed by atoms with van der Waals surface area (Å²) in [6, 6.07) is 0. The molecule has 7 aliphatic heterocycles. The van der Waals surface area contributed by atoms with E-state index in [0.717, 1.165) is 292 Å². The third-order valence-electron chi connectivity index (χ3n) is 19.3. The number of hydrogen-bond donors (Lipinski definition) is 1. The van der Waals surface area contributed by atoms with Crippen LogP contribution in [0, 0.1) is 0 Å². The molecule has 0 aromatic rings. The summed E-state index contributed by atoms with van der Waals surface area (Å²) in [5.41, 5.74) is 0. The van der Waals surface area contributed by atoms with Crippen LogP contribution in [0.5, 0.6) is 0 Å². The van der Waals surface area contributed by atoms with Crippen LogP contribution < -0.4 is 0 Å². The Hall–Kier alpha value is -3.02. The van der Waals surface area contributed by atoms with Crippen LogP contribution in [0.15, 0.2) is 85.1 Å². The largest absolute Gasteiger partial charge is 0.394 e. The topological polar surface area (TPSA) is 223 Å². The number of allylic oxidation sites excluding steroid dienone is 7. The first kappa shape index (κ1) is 119. The Morgan fingerprint density at radius 2 is 0.363 bits per heavy atom. The summed E-state index contributed by atoms with van der Waals surface area (Å²) in [4.78, 5) is 0. The highest BCUT2D eigenvalue weighted by Crippen LogP contribution is 2.16. The van der Waals surface area contributed by atoms with Crippen LogP contribution in [0.3, 0.4) is 0 Å². The van der Waals surface area contributed by atoms with Crippen molar-refractivity contribution in [2.75, 3.05) is 278 Å². The molecule has 27 heteroatoms. The smallest absolute Gasteiger partial charge is 0.113 e. The first-order chi connectivity index (χ1) is 61.5. The fraction of sp³-hybridized carbons (Fsp3) is 0.856. The minimum absolute atomic E-state index is 0.0740. The Balaban J connectivity index is 0.000000728. The van der Waals surface area contributed by atoms with Gasteiger partial charge in [0.05, 0.1) is 241 Å². The minimum Gasteiger partial charge on any atom is -0.394 e. The molecule has 0 saturated carbocycles. The van der Waals surface area contributed by atoms with Gasteiger partial charge in [0.15, 0.2) is 0 Å². The Morgan fingerprint density at radius 3 is 0.581 bits per heavy atom. The van der Waals surface area contributed by atoms with E-state index >= 15 is 0 Å². The highest BCUT2D eigenvalue weighted by atomic mass is 18.2. The zero-order chi connectivity index (χ0) is 88.8. The second-order valence-corrected chi connectivity index (χ2v) is 30.4. The number of hydrogen-bond acceptors (Lipinski definition) is 23. The molecule has 7 rings (SSSR count). The van der Waals surface area contributed by atoms with Gasteiger partial charge in [0.2, 0.25) is 0 Å². The summed E-state index contributed by atoms with van der Waals surface area (Å²) >= 11 is 0. The summed E-state index contributed by atoms with van der Waals surface area (Å²) in [5, 5.41) is 8.76. The molecule has 0 aromatic carbocycles. The molecule has 730 valence electrons. The number of halogens is 4. The first-order valence-corrected chi connectivity index (χ1v) is 47.9. The Morgan fingerprint density at radius 1 is 0.202 bits per heavy atom. The van der Waals surface area contributed by atoms with Crippen LogP contribution in [0.4, 0.5) is 17.6 Å². The van der Waals surface area contributed by atoms with Crippen LogP contribution in [0.2, 0.25) is 0 Å². The Labute approximate surface area is 748 Å². The van der Waals surface area contributed by atoms with E-state index in [0.29, 0.717) is 126 Å². The summed E-state index contributed by atoms with van der Waals surface area (Å²) < 4.78 is 167. The van der Waals surface area contributed by atoms with E-state index in [1.807, 2.05) is 0 Å². The van der Waals surface area contributed by atoms with Crippen molar-refractivity contribution in [3.8, 4) is 0 Å². The molecule has 23 nitrogen and oxygen atoms in total. The molecule has 0 radical (unpaired) electrons. The van der Waals surface area contributed by atoms with Gasteiger partial charge in [-0.05, 0) is 205 Å². The van der Waals surface area contributed by atoms with Crippen molar-refractivity contribution in [2.45, 2.75) is 262 Å². The second kappa shape index (κ2) is 104. The van der Waals surface area contributed by atoms with Crippen molar-refractivity contribution in [1.82, 2.24) is 0 Å². The van der Waals surface area contributed by atoms with Crippen molar-refractivity contribution in [3.63, 3.8) is 0 Å². The molecule has 0 amide bonds. The molecule has 7 aliphatic rings. The molecule has 0 fully saturated rings. The minimum atomic E-state index is -0.445. The maximum Gasteiger partial charge on any atom is 0.113 e. The van der Waals surface area contributed by atoms with Crippen LogP contribution >= 0.6 is 0 Å². The van der Waals surface area contributed by atoms with Gasteiger partial charge >= 0.3 is 0 Å². The maximum atomic E-state index is 11.7. The zero-order valence-electron chi connectivity index (χ0n) is 77.4. The lowest BCUT2D eigenvalue weighted by molar-refractivity contribution is -0.0384.